The SMILES string of the molecule is CC[NH+]1CC[NH+](C[C@H](O)COCCOc2ccc(Br)cc2)CC1. The molecule has 23 heavy (non-hydrogen) atoms. The van der Waals surface area contributed by atoms with E-state index in [1.165, 1.54) is 24.5 Å². The molecule has 0 aromatic heterocycles. The van der Waals surface area contributed by atoms with Crippen LogP contribution in [-0.2, 0) is 4.74 Å². The number of quaternary nitrogens is 2. The third kappa shape index (κ3) is 7.18. The molecule has 1 heterocycles. The molecule has 0 amide bonds. The number of aliphatic hydroxyl groups is 1. The van der Waals surface area contributed by atoms with Gasteiger partial charge >= 0.3 is 0 Å². The number of piperazine rings is 1. The average molecular weight is 389 g/mol. The van der Waals surface area contributed by atoms with E-state index in [1.807, 2.05) is 24.3 Å². The number of likely N-dealkylation sites (N-methyl/N-ethyl adjacent to an activating group) is 1. The van der Waals surface area contributed by atoms with Gasteiger partial charge in [0, 0.05) is 4.47 Å². The zero-order valence-corrected chi connectivity index (χ0v) is 15.5. The van der Waals surface area contributed by atoms with Crippen molar-refractivity contribution in [2.24, 2.45) is 0 Å². The van der Waals surface area contributed by atoms with Crippen molar-refractivity contribution in [3.63, 3.8) is 0 Å². The Hall–Kier alpha value is -0.660. The highest BCUT2D eigenvalue weighted by Crippen LogP contribution is 2.15. The lowest BCUT2D eigenvalue weighted by molar-refractivity contribution is -1.01. The van der Waals surface area contributed by atoms with E-state index in [1.54, 1.807) is 4.90 Å². The molecular weight excluding hydrogens is 360 g/mol. The highest BCUT2D eigenvalue weighted by Gasteiger charge is 2.23. The topological polar surface area (TPSA) is 47.6 Å². The molecule has 1 fully saturated rings. The Morgan fingerprint density at radius 1 is 1.09 bits per heavy atom. The van der Waals surface area contributed by atoms with Crippen molar-refractivity contribution < 1.29 is 24.4 Å². The lowest BCUT2D eigenvalue weighted by Gasteiger charge is -2.30. The van der Waals surface area contributed by atoms with Crippen molar-refractivity contribution in [3.8, 4) is 5.75 Å². The first kappa shape index (κ1) is 18.7. The van der Waals surface area contributed by atoms with E-state index in [9.17, 15) is 5.11 Å². The van der Waals surface area contributed by atoms with Gasteiger partial charge in [-0.1, -0.05) is 15.9 Å². The summed E-state index contributed by atoms with van der Waals surface area (Å²) < 4.78 is 12.1. The maximum atomic E-state index is 10.1. The molecule has 1 aliphatic rings. The van der Waals surface area contributed by atoms with Crippen molar-refractivity contribution in [1.29, 1.82) is 0 Å². The molecular formula is C17H29BrN2O3+2. The van der Waals surface area contributed by atoms with E-state index in [0.29, 0.717) is 19.8 Å². The Bertz CT molecular complexity index is 436. The van der Waals surface area contributed by atoms with E-state index in [2.05, 4.69) is 22.9 Å². The number of aliphatic hydroxyl groups excluding tert-OH is 1. The number of nitrogens with one attached hydrogen (secondary N) is 2. The molecule has 1 aromatic rings. The van der Waals surface area contributed by atoms with E-state index in [0.717, 1.165) is 29.9 Å². The normalized spacial score (nSPS) is 22.7. The van der Waals surface area contributed by atoms with Crippen LogP contribution in [0.5, 0.6) is 5.75 Å². The van der Waals surface area contributed by atoms with Crippen LogP contribution in [-0.4, -0.2) is 70.3 Å². The van der Waals surface area contributed by atoms with Crippen LogP contribution in [0.3, 0.4) is 0 Å². The highest BCUT2D eigenvalue weighted by atomic mass is 79.9. The first-order chi connectivity index (χ1) is 11.2. The van der Waals surface area contributed by atoms with Crippen LogP contribution < -0.4 is 14.5 Å². The third-order valence-electron chi connectivity index (χ3n) is 4.31. The predicted octanol–water partition coefficient (Wildman–Crippen LogP) is -0.991. The second-order valence-electron chi connectivity index (χ2n) is 6.09. The minimum Gasteiger partial charge on any atom is -0.491 e. The summed E-state index contributed by atoms with van der Waals surface area (Å²) in [5.74, 6) is 0.832. The second kappa shape index (κ2) is 10.3. The molecule has 2 rings (SSSR count). The zero-order valence-electron chi connectivity index (χ0n) is 13.9. The molecule has 1 atom stereocenters. The standard InChI is InChI=1S/C17H27BrN2O3/c1-2-19-7-9-20(10-8-19)13-16(21)14-22-11-12-23-17-5-3-15(18)4-6-17/h3-6,16,21H,2,7-14H2,1H3/p+2/t16-/m0/s1. The molecule has 1 aliphatic heterocycles. The quantitative estimate of drug-likeness (QED) is 0.476. The van der Waals surface area contributed by atoms with Crippen LogP contribution in [0.4, 0.5) is 0 Å². The number of hydrogen-bond acceptors (Lipinski definition) is 3. The number of rotatable bonds is 9. The Labute approximate surface area is 147 Å². The fourth-order valence-electron chi connectivity index (χ4n) is 2.88. The van der Waals surface area contributed by atoms with Gasteiger partial charge in [-0.15, -0.1) is 0 Å². The average Bonchev–Trinajstić information content (AvgIpc) is 2.57. The van der Waals surface area contributed by atoms with E-state index < -0.39 is 0 Å². The first-order valence-corrected chi connectivity index (χ1v) is 9.28. The molecule has 0 aliphatic carbocycles. The Balaban J connectivity index is 1.51. The van der Waals surface area contributed by atoms with Gasteiger partial charge in [0.2, 0.25) is 0 Å². The number of benzene rings is 1. The van der Waals surface area contributed by atoms with Gasteiger partial charge in [0.15, 0.2) is 0 Å². The summed E-state index contributed by atoms with van der Waals surface area (Å²) in [6.45, 7) is 10.3. The van der Waals surface area contributed by atoms with E-state index >= 15 is 0 Å². The number of halogens is 1. The summed E-state index contributed by atoms with van der Waals surface area (Å²) in [6.07, 6.45) is -0.388. The molecule has 0 unspecified atom stereocenters. The Morgan fingerprint density at radius 3 is 2.39 bits per heavy atom. The van der Waals surface area contributed by atoms with Crippen molar-refractivity contribution in [1.82, 2.24) is 0 Å². The molecule has 1 saturated heterocycles. The summed E-state index contributed by atoms with van der Waals surface area (Å²) in [5, 5.41) is 10.1. The second-order valence-corrected chi connectivity index (χ2v) is 7.00. The van der Waals surface area contributed by atoms with Crippen LogP contribution in [0.1, 0.15) is 6.92 Å². The fourth-order valence-corrected chi connectivity index (χ4v) is 3.14. The van der Waals surface area contributed by atoms with Crippen LogP contribution >= 0.6 is 15.9 Å². The molecule has 0 radical (unpaired) electrons. The summed E-state index contributed by atoms with van der Waals surface area (Å²) in [7, 11) is 0. The number of hydrogen-bond donors (Lipinski definition) is 3. The van der Waals surface area contributed by atoms with Crippen LogP contribution in [0.2, 0.25) is 0 Å². The van der Waals surface area contributed by atoms with Gasteiger partial charge in [0.25, 0.3) is 0 Å². The van der Waals surface area contributed by atoms with Gasteiger partial charge in [-0.25, -0.2) is 0 Å². The van der Waals surface area contributed by atoms with Crippen molar-refractivity contribution >= 4 is 15.9 Å². The minimum atomic E-state index is -0.388. The van der Waals surface area contributed by atoms with Gasteiger partial charge in [-0.3, -0.25) is 0 Å². The molecule has 0 saturated carbocycles. The molecule has 130 valence electrons. The van der Waals surface area contributed by atoms with Crippen molar-refractivity contribution in [2.45, 2.75) is 13.0 Å². The summed E-state index contributed by atoms with van der Waals surface area (Å²) in [5.41, 5.74) is 0. The Morgan fingerprint density at radius 2 is 1.74 bits per heavy atom. The van der Waals surface area contributed by atoms with Crippen molar-refractivity contribution in [2.75, 3.05) is 59.1 Å². The van der Waals surface area contributed by atoms with Crippen molar-refractivity contribution in [3.05, 3.63) is 28.7 Å². The fraction of sp³-hybridized carbons (Fsp3) is 0.647. The lowest BCUT2D eigenvalue weighted by Crippen LogP contribution is -3.28. The first-order valence-electron chi connectivity index (χ1n) is 8.48. The molecule has 3 N–H and O–H groups in total. The Kier molecular flexibility index (Phi) is 8.33. The summed E-state index contributed by atoms with van der Waals surface area (Å²) in [6, 6.07) is 7.73. The molecule has 1 aromatic carbocycles. The molecule has 5 nitrogen and oxygen atoms in total. The molecule has 0 spiro atoms. The predicted molar refractivity (Wildman–Crippen MR) is 93.3 cm³/mol. The maximum absolute atomic E-state index is 10.1. The van der Waals surface area contributed by atoms with E-state index in [4.69, 9.17) is 9.47 Å². The summed E-state index contributed by atoms with van der Waals surface area (Å²) in [4.78, 5) is 3.16. The van der Waals surface area contributed by atoms with Gasteiger partial charge in [0.1, 0.15) is 51.2 Å². The maximum Gasteiger partial charge on any atom is 0.127 e. The van der Waals surface area contributed by atoms with Gasteiger partial charge in [-0.05, 0) is 31.2 Å². The number of ether oxygens (including phenoxy) is 2. The van der Waals surface area contributed by atoms with Gasteiger partial charge < -0.3 is 24.4 Å². The van der Waals surface area contributed by atoms with Crippen LogP contribution in [0.25, 0.3) is 0 Å². The monoisotopic (exact) mass is 388 g/mol. The molecule has 0 bridgehead atoms. The smallest absolute Gasteiger partial charge is 0.127 e. The third-order valence-corrected chi connectivity index (χ3v) is 4.84. The van der Waals surface area contributed by atoms with Gasteiger partial charge in [0.05, 0.1) is 19.8 Å². The highest BCUT2D eigenvalue weighted by molar-refractivity contribution is 9.10. The largest absolute Gasteiger partial charge is 0.491 e. The zero-order chi connectivity index (χ0) is 16.5. The van der Waals surface area contributed by atoms with E-state index in [-0.39, 0.29) is 6.10 Å². The molecule has 6 heteroatoms. The van der Waals surface area contributed by atoms with Crippen LogP contribution in [0, 0.1) is 0 Å². The lowest BCUT2D eigenvalue weighted by atomic mass is 10.2. The minimum absolute atomic E-state index is 0.386. The van der Waals surface area contributed by atoms with Gasteiger partial charge in [-0.2, -0.15) is 0 Å². The summed E-state index contributed by atoms with van der Waals surface area (Å²) >= 11 is 3.39. The van der Waals surface area contributed by atoms with Crippen LogP contribution in [0.15, 0.2) is 28.7 Å².